The minimum atomic E-state index is -0.646. The molecule has 0 N–H and O–H groups in total. The van der Waals surface area contributed by atoms with Crippen molar-refractivity contribution >= 4 is 17.7 Å². The van der Waals surface area contributed by atoms with Crippen LogP contribution in [0.5, 0.6) is 0 Å². The number of hydrogen-bond donors (Lipinski definition) is 0. The Morgan fingerprint density at radius 2 is 1.82 bits per heavy atom. The van der Waals surface area contributed by atoms with Crippen LogP contribution in [0.4, 0.5) is 4.79 Å². The highest BCUT2D eigenvalue weighted by Gasteiger charge is 2.35. The van der Waals surface area contributed by atoms with Crippen LogP contribution >= 0.6 is 0 Å². The molecule has 3 aromatic heterocycles. The van der Waals surface area contributed by atoms with Crippen molar-refractivity contribution in [3.05, 3.63) is 93.2 Å². The summed E-state index contributed by atoms with van der Waals surface area (Å²) in [5.74, 6) is -0.153. The van der Waals surface area contributed by atoms with E-state index in [9.17, 15) is 14.4 Å². The van der Waals surface area contributed by atoms with E-state index in [1.807, 2.05) is 58.0 Å². The van der Waals surface area contributed by atoms with E-state index in [4.69, 9.17) is 9.47 Å². The van der Waals surface area contributed by atoms with Crippen molar-refractivity contribution in [3.8, 4) is 5.82 Å². The summed E-state index contributed by atoms with van der Waals surface area (Å²) in [5.41, 5.74) is 3.03. The first-order chi connectivity index (χ1) is 18.6. The quantitative estimate of drug-likeness (QED) is 0.369. The molecule has 10 nitrogen and oxygen atoms in total. The van der Waals surface area contributed by atoms with Gasteiger partial charge in [0.15, 0.2) is 0 Å². The van der Waals surface area contributed by atoms with Gasteiger partial charge in [0.2, 0.25) is 0 Å². The Balaban J connectivity index is 1.69. The number of amides is 1. The number of pyridine rings is 1. The molecule has 0 saturated carbocycles. The van der Waals surface area contributed by atoms with E-state index >= 15 is 0 Å². The molecule has 5 rings (SSSR count). The molecular formula is C29H31N5O5. The fourth-order valence-electron chi connectivity index (χ4n) is 4.86. The maximum Gasteiger partial charge on any atom is 0.410 e. The topological polar surface area (TPSA) is 108 Å². The van der Waals surface area contributed by atoms with E-state index in [2.05, 4.69) is 10.1 Å². The van der Waals surface area contributed by atoms with Gasteiger partial charge in [-0.05, 0) is 45.4 Å². The zero-order valence-corrected chi connectivity index (χ0v) is 22.7. The predicted molar refractivity (Wildman–Crippen MR) is 144 cm³/mol. The largest absolute Gasteiger partial charge is 0.465 e. The average Bonchev–Trinajstić information content (AvgIpc) is 3.31. The zero-order chi connectivity index (χ0) is 27.9. The molecule has 1 atom stereocenters. The monoisotopic (exact) mass is 529 g/mol. The van der Waals surface area contributed by atoms with Crippen LogP contribution in [0.1, 0.15) is 60.4 Å². The number of carbonyl (C=O) groups excluding carboxylic acids is 2. The molecule has 1 aromatic carbocycles. The number of hydrogen-bond acceptors (Lipinski definition) is 7. The van der Waals surface area contributed by atoms with Crippen LogP contribution in [0.25, 0.3) is 11.5 Å². The number of aromatic nitrogens is 4. The summed E-state index contributed by atoms with van der Waals surface area (Å²) < 4.78 is 13.7. The van der Waals surface area contributed by atoms with Crippen molar-refractivity contribution in [1.82, 2.24) is 24.1 Å². The lowest BCUT2D eigenvalue weighted by Crippen LogP contribution is -2.48. The number of carbonyl (C=O) groups is 2. The standard InChI is InChI=1S/C29H31N5O5/c1-18-13-22-23(17-32(18)28(37)39-29(2,3)4)34-25(21(16-31-34)14-19-9-7-6-8-10-19)33(26(22)35)24-12-11-20(15-30-24)27(36)38-5/h6-12,15-16,18H,13-14,17H2,1-5H3. The molecular weight excluding hydrogens is 498 g/mol. The summed E-state index contributed by atoms with van der Waals surface area (Å²) in [5, 5.41) is 4.68. The molecule has 1 aliphatic heterocycles. The molecule has 0 radical (unpaired) electrons. The SMILES string of the molecule is COC(=O)c1ccc(-n2c(=O)c3c(n4ncc(Cc5ccccc5)c24)CN(C(=O)OC(C)(C)C)C(C)C3)nc1. The van der Waals surface area contributed by atoms with E-state index in [0.29, 0.717) is 35.6 Å². The molecule has 0 fully saturated rings. The van der Waals surface area contributed by atoms with Crippen LogP contribution in [-0.4, -0.2) is 54.9 Å². The van der Waals surface area contributed by atoms with Crippen LogP contribution in [0, 0.1) is 0 Å². The lowest BCUT2D eigenvalue weighted by atomic mass is 9.99. The van der Waals surface area contributed by atoms with Gasteiger partial charge in [0.1, 0.15) is 17.1 Å². The first-order valence-corrected chi connectivity index (χ1v) is 12.8. The Bertz CT molecular complexity index is 1600. The first kappa shape index (κ1) is 26.1. The van der Waals surface area contributed by atoms with E-state index in [1.165, 1.54) is 13.3 Å². The Hall–Kier alpha value is -4.47. The Morgan fingerprint density at radius 3 is 2.46 bits per heavy atom. The second kappa shape index (κ2) is 10.0. The van der Waals surface area contributed by atoms with Crippen LogP contribution in [-0.2, 0) is 28.9 Å². The third kappa shape index (κ3) is 5.01. The van der Waals surface area contributed by atoms with Gasteiger partial charge in [0.25, 0.3) is 5.56 Å². The molecule has 1 unspecified atom stereocenters. The summed E-state index contributed by atoms with van der Waals surface area (Å²) in [7, 11) is 1.30. The minimum Gasteiger partial charge on any atom is -0.465 e. The Labute approximate surface area is 225 Å². The highest BCUT2D eigenvalue weighted by Crippen LogP contribution is 2.27. The van der Waals surface area contributed by atoms with Crippen LogP contribution in [0.2, 0.25) is 0 Å². The smallest absolute Gasteiger partial charge is 0.410 e. The van der Waals surface area contributed by atoms with E-state index in [1.54, 1.807) is 32.3 Å². The van der Waals surface area contributed by atoms with Crippen LogP contribution in [0.15, 0.2) is 59.7 Å². The zero-order valence-electron chi connectivity index (χ0n) is 22.7. The molecule has 4 aromatic rings. The summed E-state index contributed by atoms with van der Waals surface area (Å²) in [4.78, 5) is 45.2. The minimum absolute atomic E-state index is 0.180. The second-order valence-corrected chi connectivity index (χ2v) is 10.7. The second-order valence-electron chi connectivity index (χ2n) is 10.7. The van der Waals surface area contributed by atoms with Gasteiger partial charge >= 0.3 is 12.1 Å². The fourth-order valence-corrected chi connectivity index (χ4v) is 4.86. The Morgan fingerprint density at radius 1 is 1.08 bits per heavy atom. The van der Waals surface area contributed by atoms with Gasteiger partial charge in [-0.15, -0.1) is 0 Å². The number of fused-ring (bicyclic) bond motifs is 3. The lowest BCUT2D eigenvalue weighted by Gasteiger charge is -2.36. The van der Waals surface area contributed by atoms with Gasteiger partial charge in [-0.3, -0.25) is 9.69 Å². The van der Waals surface area contributed by atoms with Crippen molar-refractivity contribution in [1.29, 1.82) is 0 Å². The lowest BCUT2D eigenvalue weighted by molar-refractivity contribution is 0.0131. The van der Waals surface area contributed by atoms with Crippen LogP contribution in [0.3, 0.4) is 0 Å². The molecule has 39 heavy (non-hydrogen) atoms. The highest BCUT2D eigenvalue weighted by molar-refractivity contribution is 5.89. The fraction of sp³-hybridized carbons (Fsp3) is 0.345. The summed E-state index contributed by atoms with van der Waals surface area (Å²) >= 11 is 0. The van der Waals surface area contributed by atoms with Crippen molar-refractivity contribution in [2.24, 2.45) is 0 Å². The van der Waals surface area contributed by atoms with Crippen molar-refractivity contribution < 1.29 is 19.1 Å². The van der Waals surface area contributed by atoms with Crippen molar-refractivity contribution in [2.75, 3.05) is 7.11 Å². The van der Waals surface area contributed by atoms with Gasteiger partial charge in [-0.25, -0.2) is 23.7 Å². The summed E-state index contributed by atoms with van der Waals surface area (Å²) in [6.45, 7) is 7.55. The van der Waals surface area contributed by atoms with Crippen molar-refractivity contribution in [3.63, 3.8) is 0 Å². The number of ether oxygens (including phenoxy) is 2. The number of esters is 1. The molecule has 4 heterocycles. The highest BCUT2D eigenvalue weighted by atomic mass is 16.6. The normalized spacial score (nSPS) is 15.2. The van der Waals surface area contributed by atoms with E-state index < -0.39 is 17.7 Å². The molecule has 1 aliphatic rings. The first-order valence-electron chi connectivity index (χ1n) is 12.8. The predicted octanol–water partition coefficient (Wildman–Crippen LogP) is 3.94. The molecule has 0 saturated heterocycles. The number of benzene rings is 1. The van der Waals surface area contributed by atoms with Gasteiger partial charge in [0, 0.05) is 36.2 Å². The maximum absolute atomic E-state index is 14.1. The summed E-state index contributed by atoms with van der Waals surface area (Å²) in [6.07, 6.45) is 3.57. The van der Waals surface area contributed by atoms with Crippen molar-refractivity contribution in [2.45, 2.75) is 58.7 Å². The van der Waals surface area contributed by atoms with Gasteiger partial charge in [-0.2, -0.15) is 5.10 Å². The number of methoxy groups -OCH3 is 1. The number of nitrogens with zero attached hydrogens (tertiary/aromatic N) is 5. The molecule has 1 amide bonds. The van der Waals surface area contributed by atoms with Crippen LogP contribution < -0.4 is 5.56 Å². The van der Waals surface area contributed by atoms with Gasteiger partial charge < -0.3 is 9.47 Å². The molecule has 202 valence electrons. The van der Waals surface area contributed by atoms with E-state index in [0.717, 1.165) is 11.1 Å². The number of rotatable bonds is 4. The summed E-state index contributed by atoms with van der Waals surface area (Å²) in [6, 6.07) is 12.8. The Kier molecular flexibility index (Phi) is 6.71. The molecule has 0 bridgehead atoms. The third-order valence-corrected chi connectivity index (χ3v) is 6.71. The van der Waals surface area contributed by atoms with Gasteiger partial charge in [0.05, 0.1) is 31.1 Å². The maximum atomic E-state index is 14.1. The van der Waals surface area contributed by atoms with E-state index in [-0.39, 0.29) is 23.7 Å². The van der Waals surface area contributed by atoms with Gasteiger partial charge in [-0.1, -0.05) is 30.3 Å². The molecule has 0 spiro atoms. The third-order valence-electron chi connectivity index (χ3n) is 6.71. The molecule has 0 aliphatic carbocycles. The molecule has 10 heteroatoms. The average molecular weight is 530 g/mol.